The number of thiazole rings is 1. The Morgan fingerprint density at radius 1 is 1.10 bits per heavy atom. The van der Waals surface area contributed by atoms with Crippen LogP contribution in [0.4, 0.5) is 5.69 Å². The maximum Gasteiger partial charge on any atom is 0.269 e. The molecule has 0 atom stereocenters. The number of hydrogen-bond donors (Lipinski definition) is 0. The third kappa shape index (κ3) is 3.97. The molecule has 0 aliphatic heterocycles. The molecule has 0 amide bonds. The van der Waals surface area contributed by atoms with E-state index in [2.05, 4.69) is 68.7 Å². The molecular weight excluding hydrogens is 391 g/mol. The van der Waals surface area contributed by atoms with Crippen LogP contribution in [0.25, 0.3) is 10.6 Å². The Bertz CT molecular complexity index is 573. The number of hydrogen-bond acceptors (Lipinski definition) is 2. The molecule has 1 aromatic carbocycles. The van der Waals surface area contributed by atoms with Gasteiger partial charge in [0.05, 0.1) is 10.4 Å². The molecule has 0 saturated heterocycles. The lowest BCUT2D eigenvalue weighted by Crippen LogP contribution is -3.00. The molecule has 0 aliphatic carbocycles. The van der Waals surface area contributed by atoms with Crippen LogP contribution in [0.1, 0.15) is 30.8 Å². The van der Waals surface area contributed by atoms with Crippen LogP contribution >= 0.6 is 11.3 Å². The summed E-state index contributed by atoms with van der Waals surface area (Å²) in [6.45, 7) is 4.50. The fraction of sp³-hybridized carbons (Fsp3) is 0.471. The second-order valence-corrected chi connectivity index (χ2v) is 6.46. The second-order valence-electron chi connectivity index (χ2n) is 5.38. The lowest BCUT2D eigenvalue weighted by atomic mass is 10.2. The van der Waals surface area contributed by atoms with Crippen LogP contribution in [0.2, 0.25) is 0 Å². The van der Waals surface area contributed by atoms with Gasteiger partial charge in [-0.15, -0.1) is 0 Å². The predicted octanol–water partition coefficient (Wildman–Crippen LogP) is 0.824. The molecule has 0 fully saturated rings. The van der Waals surface area contributed by atoms with E-state index >= 15 is 0 Å². The number of nitrogens with zero attached hydrogens (tertiary/aromatic N) is 2. The van der Waals surface area contributed by atoms with Crippen LogP contribution in [-0.2, 0) is 19.9 Å². The standard InChI is InChI=1S/C17H25N2S.HI/c1-6-8-16-15(7-2)19(5)17(20-16)13-9-11-14(12-10-13)18(3)4;/h9-12H,6-8H2,1-5H3;1H/q+1;/p-1. The Balaban J connectivity index is 0.00000220. The van der Waals surface area contributed by atoms with Gasteiger partial charge in [0.15, 0.2) is 5.69 Å². The van der Waals surface area contributed by atoms with E-state index in [4.69, 9.17) is 0 Å². The van der Waals surface area contributed by atoms with Crippen molar-refractivity contribution in [3.05, 3.63) is 34.8 Å². The van der Waals surface area contributed by atoms with Crippen molar-refractivity contribution in [2.45, 2.75) is 33.1 Å². The second kappa shape index (κ2) is 8.13. The van der Waals surface area contributed by atoms with E-state index in [0.717, 1.165) is 6.42 Å². The maximum atomic E-state index is 2.38. The van der Waals surface area contributed by atoms with Gasteiger partial charge in [-0.05, 0) is 30.7 Å². The van der Waals surface area contributed by atoms with Gasteiger partial charge in [0, 0.05) is 26.2 Å². The van der Waals surface area contributed by atoms with E-state index in [1.165, 1.54) is 34.8 Å². The van der Waals surface area contributed by atoms with E-state index in [1.54, 1.807) is 4.88 Å². The molecule has 0 spiro atoms. The summed E-state index contributed by atoms with van der Waals surface area (Å²) in [6, 6.07) is 8.85. The number of halogens is 1. The van der Waals surface area contributed by atoms with Crippen LogP contribution in [0.15, 0.2) is 24.3 Å². The van der Waals surface area contributed by atoms with Crippen molar-refractivity contribution in [3.8, 4) is 10.6 Å². The highest BCUT2D eigenvalue weighted by atomic mass is 127. The fourth-order valence-electron chi connectivity index (χ4n) is 2.57. The molecule has 1 aromatic heterocycles. The molecule has 1 heterocycles. The fourth-order valence-corrected chi connectivity index (χ4v) is 4.00. The Hall–Kier alpha value is -0.620. The van der Waals surface area contributed by atoms with E-state index in [1.807, 2.05) is 11.3 Å². The Labute approximate surface area is 149 Å². The van der Waals surface area contributed by atoms with E-state index in [9.17, 15) is 0 Å². The number of anilines is 1. The number of aromatic nitrogens is 1. The van der Waals surface area contributed by atoms with Crippen molar-refractivity contribution >= 4 is 17.0 Å². The summed E-state index contributed by atoms with van der Waals surface area (Å²) in [5.41, 5.74) is 4.06. The monoisotopic (exact) mass is 416 g/mol. The molecule has 0 bridgehead atoms. The van der Waals surface area contributed by atoms with Crippen LogP contribution in [-0.4, -0.2) is 14.1 Å². The first-order valence-electron chi connectivity index (χ1n) is 7.36. The highest BCUT2D eigenvalue weighted by molar-refractivity contribution is 7.14. The van der Waals surface area contributed by atoms with Crippen LogP contribution < -0.4 is 33.4 Å². The van der Waals surface area contributed by atoms with Gasteiger partial charge < -0.3 is 28.9 Å². The van der Waals surface area contributed by atoms with Gasteiger partial charge in [-0.1, -0.05) is 31.6 Å². The van der Waals surface area contributed by atoms with Gasteiger partial charge >= 0.3 is 0 Å². The summed E-state index contributed by atoms with van der Waals surface area (Å²) >= 11 is 1.95. The minimum atomic E-state index is 0. The molecule has 4 heteroatoms. The summed E-state index contributed by atoms with van der Waals surface area (Å²) in [4.78, 5) is 3.68. The molecule has 0 aliphatic rings. The number of benzene rings is 1. The molecule has 0 radical (unpaired) electrons. The summed E-state index contributed by atoms with van der Waals surface area (Å²) in [5.74, 6) is 0. The van der Waals surface area contributed by atoms with Gasteiger partial charge in [0.25, 0.3) is 5.01 Å². The molecule has 2 aromatic rings. The zero-order valence-corrected chi connectivity index (χ0v) is 16.6. The molecule has 0 saturated carbocycles. The lowest BCUT2D eigenvalue weighted by Gasteiger charge is -2.11. The van der Waals surface area contributed by atoms with Crippen molar-refractivity contribution in [1.82, 2.24) is 0 Å². The van der Waals surface area contributed by atoms with Gasteiger partial charge in [0.2, 0.25) is 0 Å². The average Bonchev–Trinajstić information content (AvgIpc) is 2.75. The Kier molecular flexibility index (Phi) is 7.13. The van der Waals surface area contributed by atoms with Crippen molar-refractivity contribution in [2.24, 2.45) is 7.05 Å². The summed E-state index contributed by atoms with van der Waals surface area (Å²) in [5, 5.41) is 1.37. The SMILES string of the molecule is CCCc1sc(-c2ccc(N(C)C)cc2)[n+](C)c1CC.[I-]. The van der Waals surface area contributed by atoms with Crippen molar-refractivity contribution in [1.29, 1.82) is 0 Å². The summed E-state index contributed by atoms with van der Waals surface area (Å²) in [7, 11) is 6.35. The van der Waals surface area contributed by atoms with Gasteiger partial charge in [-0.2, -0.15) is 4.57 Å². The zero-order chi connectivity index (χ0) is 14.7. The molecule has 116 valence electrons. The zero-order valence-electron chi connectivity index (χ0n) is 13.6. The first-order valence-corrected chi connectivity index (χ1v) is 8.18. The lowest BCUT2D eigenvalue weighted by molar-refractivity contribution is -0.663. The highest BCUT2D eigenvalue weighted by Crippen LogP contribution is 2.28. The highest BCUT2D eigenvalue weighted by Gasteiger charge is 2.22. The van der Waals surface area contributed by atoms with Gasteiger partial charge in [-0.25, -0.2) is 0 Å². The minimum absolute atomic E-state index is 0. The third-order valence-corrected chi connectivity index (χ3v) is 5.08. The Morgan fingerprint density at radius 3 is 2.19 bits per heavy atom. The Morgan fingerprint density at radius 2 is 1.71 bits per heavy atom. The van der Waals surface area contributed by atoms with Crippen LogP contribution in [0.5, 0.6) is 0 Å². The van der Waals surface area contributed by atoms with Crippen LogP contribution in [0.3, 0.4) is 0 Å². The number of aryl methyl sites for hydroxylation is 1. The molecule has 0 N–H and O–H groups in total. The van der Waals surface area contributed by atoms with Crippen LogP contribution in [0, 0.1) is 0 Å². The third-order valence-electron chi connectivity index (χ3n) is 3.69. The predicted molar refractivity (Wildman–Crippen MR) is 88.6 cm³/mol. The first kappa shape index (κ1) is 18.4. The smallest absolute Gasteiger partial charge is 0.269 e. The quantitative estimate of drug-likeness (QED) is 0.518. The van der Waals surface area contributed by atoms with Gasteiger partial charge in [-0.3, -0.25) is 0 Å². The molecule has 2 nitrogen and oxygen atoms in total. The number of rotatable bonds is 5. The average molecular weight is 416 g/mol. The van der Waals surface area contributed by atoms with E-state index in [0.29, 0.717) is 0 Å². The first-order chi connectivity index (χ1) is 9.58. The van der Waals surface area contributed by atoms with Crippen molar-refractivity contribution in [3.63, 3.8) is 0 Å². The summed E-state index contributed by atoms with van der Waals surface area (Å²) < 4.78 is 2.38. The topological polar surface area (TPSA) is 7.12 Å². The molecule has 0 unspecified atom stereocenters. The minimum Gasteiger partial charge on any atom is -1.00 e. The maximum absolute atomic E-state index is 2.38. The van der Waals surface area contributed by atoms with Crippen molar-refractivity contribution in [2.75, 3.05) is 19.0 Å². The molecular formula is C17H25IN2S. The van der Waals surface area contributed by atoms with Gasteiger partial charge in [0.1, 0.15) is 7.05 Å². The van der Waals surface area contributed by atoms with E-state index in [-0.39, 0.29) is 24.0 Å². The molecule has 21 heavy (non-hydrogen) atoms. The summed E-state index contributed by atoms with van der Waals surface area (Å²) in [6.07, 6.45) is 3.52. The largest absolute Gasteiger partial charge is 1.00 e. The normalized spacial score (nSPS) is 10.3. The molecule has 2 rings (SSSR count). The van der Waals surface area contributed by atoms with E-state index < -0.39 is 0 Å². The van der Waals surface area contributed by atoms with Crippen molar-refractivity contribution < 1.29 is 28.5 Å².